The minimum atomic E-state index is -0.00786. The topological polar surface area (TPSA) is 34.4 Å². The second-order valence-electron chi connectivity index (χ2n) is 5.54. The van der Waals surface area contributed by atoms with Crippen molar-refractivity contribution in [1.29, 1.82) is 0 Å². The van der Waals surface area contributed by atoms with Gasteiger partial charge in [-0.25, -0.2) is 9.38 Å². The molecule has 0 saturated carbocycles. The molecule has 2 heterocycles. The lowest BCUT2D eigenvalue weighted by Crippen LogP contribution is -2.22. The first kappa shape index (κ1) is 14.6. The SMILES string of the molecule is Cc1ccc2c(nc3s/c(=C\c4ccccc4Br)c(=O)n32)c1C. The summed E-state index contributed by atoms with van der Waals surface area (Å²) >= 11 is 4.95. The number of thiazole rings is 1. The molecule has 0 unspecified atom stereocenters. The van der Waals surface area contributed by atoms with Gasteiger partial charge in [-0.3, -0.25) is 4.79 Å². The normalized spacial score (nSPS) is 12.6. The van der Waals surface area contributed by atoms with Crippen molar-refractivity contribution in [3.63, 3.8) is 0 Å². The van der Waals surface area contributed by atoms with Crippen LogP contribution in [0.4, 0.5) is 0 Å². The number of hydrogen-bond donors (Lipinski definition) is 0. The highest BCUT2D eigenvalue weighted by molar-refractivity contribution is 9.10. The van der Waals surface area contributed by atoms with E-state index in [-0.39, 0.29) is 5.56 Å². The van der Waals surface area contributed by atoms with Crippen LogP contribution in [0.25, 0.3) is 22.1 Å². The standard InChI is InChI=1S/C18H13BrN2OS/c1-10-7-8-14-16(11(10)2)20-18-21(14)17(22)15(23-18)9-12-5-3-4-6-13(12)19/h3-9H,1-2H3/b15-9-. The maximum absolute atomic E-state index is 12.8. The zero-order valence-electron chi connectivity index (χ0n) is 12.6. The van der Waals surface area contributed by atoms with Gasteiger partial charge in [-0.05, 0) is 48.7 Å². The number of fused-ring (bicyclic) bond motifs is 3. The molecular formula is C18H13BrN2OS. The molecule has 114 valence electrons. The predicted octanol–water partition coefficient (Wildman–Crippen LogP) is 3.84. The molecule has 0 spiro atoms. The largest absolute Gasteiger partial charge is 0.274 e. The van der Waals surface area contributed by atoms with Gasteiger partial charge in [0, 0.05) is 4.47 Å². The second-order valence-corrected chi connectivity index (χ2v) is 7.41. The maximum atomic E-state index is 12.8. The number of hydrogen-bond acceptors (Lipinski definition) is 3. The fourth-order valence-corrected chi connectivity index (χ4v) is 4.07. The Morgan fingerprint density at radius 2 is 1.96 bits per heavy atom. The van der Waals surface area contributed by atoms with Crippen LogP contribution in [-0.2, 0) is 0 Å². The van der Waals surface area contributed by atoms with Gasteiger partial charge in [-0.1, -0.05) is 51.5 Å². The number of rotatable bonds is 1. The quantitative estimate of drug-likeness (QED) is 0.499. The Kier molecular flexibility index (Phi) is 3.36. The van der Waals surface area contributed by atoms with Crippen LogP contribution < -0.4 is 10.1 Å². The maximum Gasteiger partial charge on any atom is 0.274 e. The van der Waals surface area contributed by atoms with Gasteiger partial charge in [-0.2, -0.15) is 0 Å². The number of benzene rings is 2. The summed E-state index contributed by atoms with van der Waals surface area (Å²) in [5.74, 6) is 0. The lowest BCUT2D eigenvalue weighted by atomic mass is 10.1. The molecule has 4 aromatic rings. The van der Waals surface area contributed by atoms with Crippen molar-refractivity contribution < 1.29 is 0 Å². The molecule has 0 aliphatic rings. The number of aromatic nitrogens is 2. The van der Waals surface area contributed by atoms with Crippen LogP contribution in [0.1, 0.15) is 16.7 Å². The number of nitrogens with zero attached hydrogens (tertiary/aromatic N) is 2. The van der Waals surface area contributed by atoms with Gasteiger partial charge in [0.15, 0.2) is 4.96 Å². The molecule has 0 N–H and O–H groups in total. The van der Waals surface area contributed by atoms with Gasteiger partial charge < -0.3 is 0 Å². The van der Waals surface area contributed by atoms with Crippen LogP contribution in [0.5, 0.6) is 0 Å². The third-order valence-electron chi connectivity index (χ3n) is 4.13. The zero-order chi connectivity index (χ0) is 16.1. The van der Waals surface area contributed by atoms with E-state index in [9.17, 15) is 4.79 Å². The van der Waals surface area contributed by atoms with E-state index in [4.69, 9.17) is 0 Å². The first-order valence-corrected chi connectivity index (χ1v) is 8.84. The van der Waals surface area contributed by atoms with Crippen molar-refractivity contribution in [3.05, 3.63) is 72.4 Å². The van der Waals surface area contributed by atoms with E-state index in [0.29, 0.717) is 4.53 Å². The van der Waals surface area contributed by atoms with Crippen molar-refractivity contribution >= 4 is 49.3 Å². The van der Waals surface area contributed by atoms with Crippen LogP contribution in [0.2, 0.25) is 0 Å². The Bertz CT molecular complexity index is 1170. The highest BCUT2D eigenvalue weighted by Crippen LogP contribution is 2.22. The smallest absolute Gasteiger partial charge is 0.267 e. The average Bonchev–Trinajstić information content (AvgIpc) is 3.04. The first-order valence-electron chi connectivity index (χ1n) is 7.23. The molecule has 5 heteroatoms. The van der Waals surface area contributed by atoms with E-state index < -0.39 is 0 Å². The van der Waals surface area contributed by atoms with Crippen LogP contribution in [0, 0.1) is 13.8 Å². The molecule has 0 saturated heterocycles. The van der Waals surface area contributed by atoms with Crippen molar-refractivity contribution in [2.45, 2.75) is 13.8 Å². The fraction of sp³-hybridized carbons (Fsp3) is 0.111. The van der Waals surface area contributed by atoms with Gasteiger partial charge >= 0.3 is 0 Å². The van der Waals surface area contributed by atoms with E-state index in [0.717, 1.165) is 31.6 Å². The predicted molar refractivity (Wildman–Crippen MR) is 99.2 cm³/mol. The van der Waals surface area contributed by atoms with Crippen LogP contribution in [0.3, 0.4) is 0 Å². The van der Waals surface area contributed by atoms with E-state index in [1.165, 1.54) is 16.9 Å². The van der Waals surface area contributed by atoms with E-state index in [1.807, 2.05) is 49.4 Å². The molecular weight excluding hydrogens is 372 g/mol. The van der Waals surface area contributed by atoms with Gasteiger partial charge in [-0.15, -0.1) is 0 Å². The van der Waals surface area contributed by atoms with Crippen LogP contribution in [0.15, 0.2) is 45.7 Å². The van der Waals surface area contributed by atoms with Gasteiger partial charge in [0.25, 0.3) is 5.56 Å². The van der Waals surface area contributed by atoms with Crippen molar-refractivity contribution in [1.82, 2.24) is 9.38 Å². The van der Waals surface area contributed by atoms with Gasteiger partial charge in [0.05, 0.1) is 15.6 Å². The van der Waals surface area contributed by atoms with E-state index in [2.05, 4.69) is 27.8 Å². The lowest BCUT2D eigenvalue weighted by Gasteiger charge is -1.99. The molecule has 0 amide bonds. The second kappa shape index (κ2) is 5.28. The summed E-state index contributed by atoms with van der Waals surface area (Å²) in [5, 5.41) is 0. The molecule has 23 heavy (non-hydrogen) atoms. The third-order valence-corrected chi connectivity index (χ3v) is 5.82. The molecule has 0 aliphatic carbocycles. The Morgan fingerprint density at radius 3 is 2.74 bits per heavy atom. The molecule has 0 aliphatic heterocycles. The molecule has 0 bridgehead atoms. The van der Waals surface area contributed by atoms with Crippen molar-refractivity contribution in [2.24, 2.45) is 0 Å². The summed E-state index contributed by atoms with van der Waals surface area (Å²) in [4.78, 5) is 18.2. The number of imidazole rings is 1. The van der Waals surface area contributed by atoms with Gasteiger partial charge in [0.2, 0.25) is 0 Å². The highest BCUT2D eigenvalue weighted by atomic mass is 79.9. The number of halogens is 1. The average molecular weight is 385 g/mol. The molecule has 2 aromatic carbocycles. The highest BCUT2D eigenvalue weighted by Gasteiger charge is 2.13. The minimum Gasteiger partial charge on any atom is -0.267 e. The molecule has 3 nitrogen and oxygen atoms in total. The Labute approximate surface area is 145 Å². The molecule has 0 fully saturated rings. The summed E-state index contributed by atoms with van der Waals surface area (Å²) < 4.78 is 3.39. The minimum absolute atomic E-state index is 0.00786. The van der Waals surface area contributed by atoms with Crippen LogP contribution in [-0.4, -0.2) is 9.38 Å². The van der Waals surface area contributed by atoms with Crippen molar-refractivity contribution in [2.75, 3.05) is 0 Å². The Hall–Kier alpha value is -1.98. The molecule has 0 atom stereocenters. The Morgan fingerprint density at radius 1 is 1.17 bits per heavy atom. The summed E-state index contributed by atoms with van der Waals surface area (Å²) in [5.41, 5.74) is 5.11. The summed E-state index contributed by atoms with van der Waals surface area (Å²) in [6.45, 7) is 4.11. The third kappa shape index (κ3) is 2.23. The van der Waals surface area contributed by atoms with E-state index >= 15 is 0 Å². The number of aryl methyl sites for hydroxylation is 2. The molecule has 2 aromatic heterocycles. The fourth-order valence-electron chi connectivity index (χ4n) is 2.70. The molecule has 4 rings (SSSR count). The summed E-state index contributed by atoms with van der Waals surface area (Å²) in [6.07, 6.45) is 1.92. The summed E-state index contributed by atoms with van der Waals surface area (Å²) in [6, 6.07) is 11.9. The lowest BCUT2D eigenvalue weighted by molar-refractivity contribution is 1.19. The van der Waals surface area contributed by atoms with Crippen molar-refractivity contribution in [3.8, 4) is 0 Å². The Balaban J connectivity index is 2.05. The van der Waals surface area contributed by atoms with E-state index in [1.54, 1.807) is 4.40 Å². The monoisotopic (exact) mass is 384 g/mol. The zero-order valence-corrected chi connectivity index (χ0v) is 15.0. The van der Waals surface area contributed by atoms with Gasteiger partial charge in [0.1, 0.15) is 0 Å². The first-order chi connectivity index (χ1) is 11.1. The van der Waals surface area contributed by atoms with Crippen LogP contribution >= 0.6 is 27.3 Å². The summed E-state index contributed by atoms with van der Waals surface area (Å²) in [7, 11) is 0. The molecule has 0 radical (unpaired) electrons.